The zero-order valence-electron chi connectivity index (χ0n) is 7.52. The van der Waals surface area contributed by atoms with Crippen molar-refractivity contribution in [3.63, 3.8) is 0 Å². The highest BCUT2D eigenvalue weighted by Crippen LogP contribution is 1.97. The van der Waals surface area contributed by atoms with Gasteiger partial charge in [0.15, 0.2) is 0 Å². The molecule has 0 saturated carbocycles. The zero-order valence-corrected chi connectivity index (χ0v) is 7.52. The quantitative estimate of drug-likeness (QED) is 0.370. The highest BCUT2D eigenvalue weighted by molar-refractivity contribution is 5.56. The summed E-state index contributed by atoms with van der Waals surface area (Å²) in [6.07, 6.45) is 8.29. The second-order valence-electron chi connectivity index (χ2n) is 2.61. The average molecular weight is 181 g/mol. The lowest BCUT2D eigenvalue weighted by molar-refractivity contribution is -0.109. The van der Waals surface area contributed by atoms with E-state index in [2.05, 4.69) is 6.58 Å². The Morgan fingerprint density at radius 2 is 2.31 bits per heavy atom. The normalized spacial score (nSPS) is 14.4. The second kappa shape index (κ2) is 7.31. The molecule has 0 aliphatic carbocycles. The Labute approximate surface area is 78.3 Å². The van der Waals surface area contributed by atoms with Crippen LogP contribution in [0.15, 0.2) is 36.6 Å². The molecule has 3 heteroatoms. The summed E-state index contributed by atoms with van der Waals surface area (Å²) in [4.78, 5) is 10.1. The molecule has 0 saturated heterocycles. The number of nitrogens with two attached hydrogens (primary N) is 1. The van der Waals surface area contributed by atoms with Crippen molar-refractivity contribution in [2.75, 3.05) is 0 Å². The number of carbonyl (C=O) groups is 1. The summed E-state index contributed by atoms with van der Waals surface area (Å²) in [6.45, 7) is 3.43. The van der Waals surface area contributed by atoms with Crippen LogP contribution in [0.1, 0.15) is 12.8 Å². The van der Waals surface area contributed by atoms with Gasteiger partial charge in [0.2, 0.25) is 0 Å². The molecule has 1 atom stereocenters. The van der Waals surface area contributed by atoms with Crippen LogP contribution in [0.25, 0.3) is 0 Å². The van der Waals surface area contributed by atoms with Crippen LogP contribution in [0.4, 0.5) is 0 Å². The average Bonchev–Trinajstić information content (AvgIpc) is 2.12. The maximum atomic E-state index is 10.1. The van der Waals surface area contributed by atoms with E-state index in [1.165, 1.54) is 12.2 Å². The summed E-state index contributed by atoms with van der Waals surface area (Å²) in [5.41, 5.74) is 5.35. The predicted octanol–water partition coefficient (Wildman–Crippen LogP) is 1.48. The molecule has 0 spiro atoms. The van der Waals surface area contributed by atoms with Gasteiger partial charge in [-0.1, -0.05) is 18.7 Å². The first-order valence-corrected chi connectivity index (χ1v) is 4.09. The van der Waals surface area contributed by atoms with Gasteiger partial charge in [-0.15, -0.1) is 0 Å². The fraction of sp³-hybridized carbons (Fsp3) is 0.300. The van der Waals surface area contributed by atoms with Crippen molar-refractivity contribution in [2.45, 2.75) is 18.9 Å². The summed E-state index contributed by atoms with van der Waals surface area (Å²) < 4.78 is 0. The third-order valence-electron chi connectivity index (χ3n) is 1.42. The van der Waals surface area contributed by atoms with Crippen LogP contribution >= 0.6 is 0 Å². The topological polar surface area (TPSA) is 63.3 Å². The Bertz CT molecular complexity index is 219. The number of aliphatic hydroxyl groups excluding tert-OH is 1. The van der Waals surface area contributed by atoms with Crippen LogP contribution in [-0.4, -0.2) is 17.4 Å². The molecule has 72 valence electrons. The summed E-state index contributed by atoms with van der Waals surface area (Å²) in [5.74, 6) is 0.148. The molecule has 0 aromatic heterocycles. The third kappa shape index (κ3) is 7.03. The molecule has 0 bridgehead atoms. The number of hydrogen-bond acceptors (Lipinski definition) is 3. The molecule has 0 amide bonds. The van der Waals surface area contributed by atoms with Crippen LogP contribution in [0.5, 0.6) is 0 Å². The Kier molecular flexibility index (Phi) is 6.55. The molecule has 0 aliphatic heterocycles. The Morgan fingerprint density at radius 1 is 1.62 bits per heavy atom. The third-order valence-corrected chi connectivity index (χ3v) is 1.42. The Morgan fingerprint density at radius 3 is 2.85 bits per heavy atom. The van der Waals surface area contributed by atoms with Gasteiger partial charge in [0.1, 0.15) is 12.0 Å². The van der Waals surface area contributed by atoms with Crippen LogP contribution in [0.3, 0.4) is 0 Å². The second-order valence-corrected chi connectivity index (χ2v) is 2.61. The number of aldehydes is 1. The highest BCUT2D eigenvalue weighted by Gasteiger charge is 1.95. The van der Waals surface area contributed by atoms with E-state index in [1.807, 2.05) is 0 Å². The van der Waals surface area contributed by atoms with Gasteiger partial charge >= 0.3 is 0 Å². The van der Waals surface area contributed by atoms with Crippen molar-refractivity contribution in [3.8, 4) is 0 Å². The van der Waals surface area contributed by atoms with Crippen LogP contribution < -0.4 is 5.73 Å². The molecule has 0 fully saturated rings. The lowest BCUT2D eigenvalue weighted by Crippen LogP contribution is -2.20. The van der Waals surface area contributed by atoms with E-state index in [1.54, 1.807) is 12.2 Å². The van der Waals surface area contributed by atoms with Gasteiger partial charge in [0.25, 0.3) is 0 Å². The fourth-order valence-corrected chi connectivity index (χ4v) is 0.737. The SMILES string of the molecule is C=C/C=C(O)\C=C/CCC(N)C=O. The van der Waals surface area contributed by atoms with E-state index in [-0.39, 0.29) is 5.76 Å². The summed E-state index contributed by atoms with van der Waals surface area (Å²) >= 11 is 0. The largest absolute Gasteiger partial charge is 0.508 e. The number of hydrogen-bond donors (Lipinski definition) is 2. The van der Waals surface area contributed by atoms with Crippen LogP contribution in [0, 0.1) is 0 Å². The molecule has 0 aliphatic rings. The summed E-state index contributed by atoms with van der Waals surface area (Å²) in [5, 5.41) is 9.07. The van der Waals surface area contributed by atoms with Gasteiger partial charge in [-0.3, -0.25) is 0 Å². The van der Waals surface area contributed by atoms with Crippen LogP contribution in [0.2, 0.25) is 0 Å². The molecule has 3 nitrogen and oxygen atoms in total. The molecule has 13 heavy (non-hydrogen) atoms. The molecule has 0 heterocycles. The van der Waals surface area contributed by atoms with Gasteiger partial charge in [-0.2, -0.15) is 0 Å². The molecule has 0 aromatic carbocycles. The van der Waals surface area contributed by atoms with E-state index in [4.69, 9.17) is 10.8 Å². The Hall–Kier alpha value is -1.35. The maximum Gasteiger partial charge on any atom is 0.136 e. The summed E-state index contributed by atoms with van der Waals surface area (Å²) in [7, 11) is 0. The van der Waals surface area contributed by atoms with E-state index in [0.29, 0.717) is 19.1 Å². The molecule has 3 N–H and O–H groups in total. The minimum Gasteiger partial charge on any atom is -0.508 e. The fourth-order valence-electron chi connectivity index (χ4n) is 0.737. The molecular formula is C10H15NO2. The molecule has 0 aromatic rings. The molecular weight excluding hydrogens is 166 g/mol. The van der Waals surface area contributed by atoms with Crippen molar-refractivity contribution >= 4 is 6.29 Å². The lowest BCUT2D eigenvalue weighted by Gasteiger charge is -1.98. The lowest BCUT2D eigenvalue weighted by atomic mass is 10.2. The van der Waals surface area contributed by atoms with Crippen molar-refractivity contribution in [1.82, 2.24) is 0 Å². The van der Waals surface area contributed by atoms with Crippen molar-refractivity contribution < 1.29 is 9.90 Å². The van der Waals surface area contributed by atoms with Crippen LogP contribution in [-0.2, 0) is 4.79 Å². The standard InChI is InChI=1S/C10H15NO2/c1-2-5-10(13)7-4-3-6-9(11)8-12/h2,4-5,7-9,13H,1,3,6,11H2/b7-4-,10-5+. The van der Waals surface area contributed by atoms with Gasteiger partial charge in [-0.05, 0) is 25.0 Å². The van der Waals surface area contributed by atoms with Gasteiger partial charge < -0.3 is 15.6 Å². The molecule has 1 unspecified atom stereocenters. The van der Waals surface area contributed by atoms with E-state index in [9.17, 15) is 4.79 Å². The minimum atomic E-state index is -0.407. The first kappa shape index (κ1) is 11.6. The monoisotopic (exact) mass is 181 g/mol. The van der Waals surface area contributed by atoms with E-state index in [0.717, 1.165) is 0 Å². The zero-order chi connectivity index (χ0) is 10.1. The van der Waals surface area contributed by atoms with Gasteiger partial charge in [-0.25, -0.2) is 0 Å². The smallest absolute Gasteiger partial charge is 0.136 e. The number of rotatable bonds is 6. The highest BCUT2D eigenvalue weighted by atomic mass is 16.3. The van der Waals surface area contributed by atoms with Crippen molar-refractivity contribution in [1.29, 1.82) is 0 Å². The maximum absolute atomic E-state index is 10.1. The number of allylic oxidation sites excluding steroid dienone is 4. The molecule has 0 radical (unpaired) electrons. The van der Waals surface area contributed by atoms with Crippen molar-refractivity contribution in [3.05, 3.63) is 36.6 Å². The Balaban J connectivity index is 3.69. The number of aliphatic hydroxyl groups is 1. The van der Waals surface area contributed by atoms with Gasteiger partial charge in [0, 0.05) is 0 Å². The minimum absolute atomic E-state index is 0.148. The summed E-state index contributed by atoms with van der Waals surface area (Å²) in [6, 6.07) is -0.407. The molecule has 0 rings (SSSR count). The predicted molar refractivity (Wildman–Crippen MR) is 53.3 cm³/mol. The van der Waals surface area contributed by atoms with E-state index < -0.39 is 6.04 Å². The van der Waals surface area contributed by atoms with E-state index >= 15 is 0 Å². The van der Waals surface area contributed by atoms with Crippen molar-refractivity contribution in [2.24, 2.45) is 5.73 Å². The first-order valence-electron chi connectivity index (χ1n) is 4.09. The van der Waals surface area contributed by atoms with Gasteiger partial charge in [0.05, 0.1) is 6.04 Å². The number of carbonyl (C=O) groups excluding carboxylic acids is 1. The first-order chi connectivity index (χ1) is 6.20.